The predicted molar refractivity (Wildman–Crippen MR) is 138 cm³/mol. The molecule has 0 spiro atoms. The Morgan fingerprint density at radius 2 is 1.64 bits per heavy atom. The number of nitrogens with zero attached hydrogens (tertiary/aromatic N) is 1. The summed E-state index contributed by atoms with van der Waals surface area (Å²) in [6, 6.07) is 12.2. The maximum Gasteiger partial charge on any atom is 0.123 e. The summed E-state index contributed by atoms with van der Waals surface area (Å²) in [7, 11) is 0. The van der Waals surface area contributed by atoms with Gasteiger partial charge in [0.05, 0.1) is 30.7 Å². The third-order valence-electron chi connectivity index (χ3n) is 5.08. The number of para-hydroxylation sites is 1. The SMILES string of the molecule is C/C=C\C(=C/C)OC(/C=C(C)\C(C)=C\OCCCCOCc1ccc2ccccc2n1)=C/C. The van der Waals surface area contributed by atoms with Gasteiger partial charge in [0.15, 0.2) is 0 Å². The molecular weight excluding hydrogens is 410 g/mol. The van der Waals surface area contributed by atoms with E-state index >= 15 is 0 Å². The molecule has 4 heteroatoms. The van der Waals surface area contributed by atoms with Gasteiger partial charge < -0.3 is 14.2 Å². The van der Waals surface area contributed by atoms with E-state index < -0.39 is 0 Å². The third-order valence-corrected chi connectivity index (χ3v) is 5.08. The first kappa shape index (κ1) is 26.1. The largest absolute Gasteiger partial charge is 0.501 e. The number of allylic oxidation sites excluding steroid dienone is 7. The molecule has 1 aromatic heterocycles. The van der Waals surface area contributed by atoms with Crippen molar-refractivity contribution in [2.24, 2.45) is 0 Å². The summed E-state index contributed by atoms with van der Waals surface area (Å²) in [5, 5.41) is 1.15. The highest BCUT2D eigenvalue weighted by atomic mass is 16.5. The van der Waals surface area contributed by atoms with Crippen molar-refractivity contribution < 1.29 is 14.2 Å². The van der Waals surface area contributed by atoms with E-state index in [0.717, 1.165) is 52.1 Å². The number of benzene rings is 1. The van der Waals surface area contributed by atoms with Crippen LogP contribution in [0, 0.1) is 0 Å². The van der Waals surface area contributed by atoms with Gasteiger partial charge in [-0.3, -0.25) is 4.98 Å². The maximum absolute atomic E-state index is 5.92. The fourth-order valence-corrected chi connectivity index (χ4v) is 3.02. The number of pyridine rings is 1. The van der Waals surface area contributed by atoms with Crippen molar-refractivity contribution in [2.45, 2.75) is 54.1 Å². The van der Waals surface area contributed by atoms with Gasteiger partial charge in [-0.1, -0.05) is 30.3 Å². The minimum Gasteiger partial charge on any atom is -0.501 e. The summed E-state index contributed by atoms with van der Waals surface area (Å²) in [5.74, 6) is 1.63. The number of unbranched alkanes of at least 4 members (excludes halogenated alkanes) is 1. The second-order valence-electron chi connectivity index (χ2n) is 7.74. The fourth-order valence-electron chi connectivity index (χ4n) is 3.02. The summed E-state index contributed by atoms with van der Waals surface area (Å²) in [6.45, 7) is 11.9. The molecule has 0 aliphatic carbocycles. The van der Waals surface area contributed by atoms with Crippen molar-refractivity contribution in [1.82, 2.24) is 4.98 Å². The topological polar surface area (TPSA) is 40.6 Å². The van der Waals surface area contributed by atoms with Gasteiger partial charge in [-0.2, -0.15) is 0 Å². The van der Waals surface area contributed by atoms with Gasteiger partial charge in [0, 0.05) is 12.0 Å². The Hall–Kier alpha value is -3.11. The fraction of sp³-hybridized carbons (Fsp3) is 0.345. The smallest absolute Gasteiger partial charge is 0.123 e. The first-order valence-corrected chi connectivity index (χ1v) is 11.6. The number of rotatable bonds is 13. The second kappa shape index (κ2) is 14.9. The van der Waals surface area contributed by atoms with E-state index in [1.807, 2.05) is 88.6 Å². The lowest BCUT2D eigenvalue weighted by atomic mass is 10.1. The third kappa shape index (κ3) is 9.50. The van der Waals surface area contributed by atoms with Gasteiger partial charge in [0.25, 0.3) is 0 Å². The molecule has 2 rings (SSSR count). The summed E-state index contributed by atoms with van der Waals surface area (Å²) in [4.78, 5) is 4.63. The number of fused-ring (bicyclic) bond motifs is 1. The van der Waals surface area contributed by atoms with Crippen LogP contribution in [0.5, 0.6) is 0 Å². The second-order valence-corrected chi connectivity index (χ2v) is 7.74. The van der Waals surface area contributed by atoms with Crippen molar-refractivity contribution in [3.63, 3.8) is 0 Å². The van der Waals surface area contributed by atoms with E-state index in [-0.39, 0.29) is 0 Å². The molecule has 0 saturated carbocycles. The van der Waals surface area contributed by atoms with Gasteiger partial charge in [-0.05, 0) is 95.0 Å². The molecule has 0 bridgehead atoms. The van der Waals surface area contributed by atoms with Crippen LogP contribution in [-0.4, -0.2) is 18.2 Å². The van der Waals surface area contributed by atoms with Crippen LogP contribution in [0.2, 0.25) is 0 Å². The van der Waals surface area contributed by atoms with Crippen LogP contribution < -0.4 is 0 Å². The predicted octanol–water partition coefficient (Wildman–Crippen LogP) is 7.80. The Kier molecular flexibility index (Phi) is 11.8. The van der Waals surface area contributed by atoms with Crippen molar-refractivity contribution in [3.05, 3.63) is 101 Å². The molecule has 0 aliphatic heterocycles. The Bertz CT molecular complexity index is 1030. The first-order valence-electron chi connectivity index (χ1n) is 11.6. The summed E-state index contributed by atoms with van der Waals surface area (Å²) in [5.41, 5.74) is 4.14. The van der Waals surface area contributed by atoms with E-state index in [1.54, 1.807) is 0 Å². The molecule has 2 aromatic rings. The van der Waals surface area contributed by atoms with E-state index in [4.69, 9.17) is 14.2 Å². The Morgan fingerprint density at radius 3 is 2.39 bits per heavy atom. The summed E-state index contributed by atoms with van der Waals surface area (Å²) < 4.78 is 17.4. The molecule has 0 unspecified atom stereocenters. The highest BCUT2D eigenvalue weighted by molar-refractivity contribution is 5.78. The zero-order valence-corrected chi connectivity index (χ0v) is 20.6. The quantitative estimate of drug-likeness (QED) is 0.178. The monoisotopic (exact) mass is 447 g/mol. The molecule has 0 saturated heterocycles. The Labute approximate surface area is 199 Å². The average Bonchev–Trinajstić information content (AvgIpc) is 2.84. The van der Waals surface area contributed by atoms with E-state index in [1.165, 1.54) is 0 Å². The minimum absolute atomic E-state index is 0.535. The lowest BCUT2D eigenvalue weighted by Gasteiger charge is -2.09. The molecule has 0 N–H and O–H groups in total. The normalized spacial score (nSPS) is 13.7. The molecular formula is C29H37NO3. The number of hydrogen-bond donors (Lipinski definition) is 0. The molecule has 4 nitrogen and oxygen atoms in total. The van der Waals surface area contributed by atoms with Crippen molar-refractivity contribution in [2.75, 3.05) is 13.2 Å². The van der Waals surface area contributed by atoms with Gasteiger partial charge in [0.2, 0.25) is 0 Å². The highest BCUT2D eigenvalue weighted by Crippen LogP contribution is 2.16. The standard InChI is InChI=1S/C29H37NO3/c1-6-13-27(7-2)33-28(8-3)20-23(4)24(5)21-31-18-11-12-19-32-22-26-17-16-25-14-9-10-15-29(25)30-26/h6-10,13-17,20-21H,11-12,18-19,22H2,1-5H3/b13-6-,23-20-,24-21+,27-7+,28-8+. The summed E-state index contributed by atoms with van der Waals surface area (Å²) in [6.07, 6.45) is 13.5. The van der Waals surface area contributed by atoms with E-state index in [0.29, 0.717) is 19.8 Å². The molecule has 0 fully saturated rings. The summed E-state index contributed by atoms with van der Waals surface area (Å²) >= 11 is 0. The van der Waals surface area contributed by atoms with Crippen LogP contribution in [0.4, 0.5) is 0 Å². The van der Waals surface area contributed by atoms with Gasteiger partial charge in [0.1, 0.15) is 11.5 Å². The zero-order valence-electron chi connectivity index (χ0n) is 20.6. The average molecular weight is 448 g/mol. The molecule has 0 atom stereocenters. The van der Waals surface area contributed by atoms with Crippen LogP contribution in [0.25, 0.3) is 10.9 Å². The highest BCUT2D eigenvalue weighted by Gasteiger charge is 2.01. The first-order chi connectivity index (χ1) is 16.1. The van der Waals surface area contributed by atoms with Crippen molar-refractivity contribution >= 4 is 10.9 Å². The van der Waals surface area contributed by atoms with Crippen LogP contribution in [0.1, 0.15) is 53.2 Å². The van der Waals surface area contributed by atoms with Crippen LogP contribution in [0.15, 0.2) is 95.7 Å². The van der Waals surface area contributed by atoms with Gasteiger partial charge in [-0.25, -0.2) is 0 Å². The molecule has 1 aromatic carbocycles. The number of hydrogen-bond acceptors (Lipinski definition) is 4. The maximum atomic E-state index is 5.92. The Morgan fingerprint density at radius 1 is 0.879 bits per heavy atom. The lowest BCUT2D eigenvalue weighted by Crippen LogP contribution is -1.99. The van der Waals surface area contributed by atoms with Crippen molar-refractivity contribution in [3.8, 4) is 0 Å². The van der Waals surface area contributed by atoms with E-state index in [2.05, 4.69) is 24.0 Å². The molecule has 0 amide bonds. The van der Waals surface area contributed by atoms with Crippen LogP contribution in [-0.2, 0) is 20.8 Å². The minimum atomic E-state index is 0.535. The van der Waals surface area contributed by atoms with Crippen molar-refractivity contribution in [1.29, 1.82) is 0 Å². The van der Waals surface area contributed by atoms with E-state index in [9.17, 15) is 0 Å². The molecule has 0 aliphatic rings. The van der Waals surface area contributed by atoms with Crippen LogP contribution in [0.3, 0.4) is 0 Å². The molecule has 0 radical (unpaired) electrons. The number of aromatic nitrogens is 1. The molecule has 176 valence electrons. The molecule has 33 heavy (non-hydrogen) atoms. The Balaban J connectivity index is 1.67. The van der Waals surface area contributed by atoms with Gasteiger partial charge >= 0.3 is 0 Å². The molecule has 1 heterocycles. The zero-order chi connectivity index (χ0) is 23.9. The lowest BCUT2D eigenvalue weighted by molar-refractivity contribution is 0.109. The van der Waals surface area contributed by atoms with Crippen LogP contribution >= 0.6 is 0 Å². The number of ether oxygens (including phenoxy) is 3. The van der Waals surface area contributed by atoms with Gasteiger partial charge in [-0.15, -0.1) is 0 Å².